The second kappa shape index (κ2) is 8.33. The molecule has 0 radical (unpaired) electrons. The number of nitrogens with one attached hydrogen (secondary N) is 1. The standard InChI is InChI=1S/C17H17ClN2O4/c1-2-24-14-9-11(8-13(18)16(14)22)10-19-20-17(23)15(21)12-6-4-3-5-7-12/h3-10,15,21-22H,2H2,1H3,(H,20,23)/b19-10-/t15-/m0/s1. The van der Waals surface area contributed by atoms with Crippen molar-refractivity contribution in [2.75, 3.05) is 6.61 Å². The van der Waals surface area contributed by atoms with Gasteiger partial charge in [-0.25, -0.2) is 5.43 Å². The van der Waals surface area contributed by atoms with Gasteiger partial charge in [0.2, 0.25) is 0 Å². The number of hydrogen-bond donors (Lipinski definition) is 3. The SMILES string of the molecule is CCOc1cc(/C=N\NC(=O)[C@@H](O)c2ccccc2)cc(Cl)c1O. The molecule has 0 aromatic heterocycles. The molecule has 1 atom stereocenters. The molecule has 0 fully saturated rings. The third kappa shape index (κ3) is 4.47. The van der Waals surface area contributed by atoms with Crippen LogP contribution in [0.5, 0.6) is 11.5 Å². The van der Waals surface area contributed by atoms with E-state index in [1.807, 2.05) is 0 Å². The average Bonchev–Trinajstić information content (AvgIpc) is 2.59. The van der Waals surface area contributed by atoms with Gasteiger partial charge < -0.3 is 14.9 Å². The van der Waals surface area contributed by atoms with Gasteiger partial charge in [0.15, 0.2) is 17.6 Å². The molecule has 6 nitrogen and oxygen atoms in total. The number of aliphatic hydroxyl groups excluding tert-OH is 1. The van der Waals surface area contributed by atoms with Gasteiger partial charge >= 0.3 is 0 Å². The second-order valence-corrected chi connectivity index (χ2v) is 5.24. The number of hydrazone groups is 1. The summed E-state index contributed by atoms with van der Waals surface area (Å²) in [7, 11) is 0. The molecule has 2 rings (SSSR count). The number of benzene rings is 2. The predicted molar refractivity (Wildman–Crippen MR) is 91.4 cm³/mol. The van der Waals surface area contributed by atoms with Gasteiger partial charge in [0.25, 0.3) is 5.91 Å². The molecule has 0 aliphatic rings. The van der Waals surface area contributed by atoms with Crippen molar-refractivity contribution in [2.24, 2.45) is 5.10 Å². The highest BCUT2D eigenvalue weighted by atomic mass is 35.5. The van der Waals surface area contributed by atoms with Crippen LogP contribution in [-0.4, -0.2) is 28.9 Å². The van der Waals surface area contributed by atoms with Crippen LogP contribution in [0.3, 0.4) is 0 Å². The molecule has 2 aromatic rings. The minimum atomic E-state index is -1.31. The van der Waals surface area contributed by atoms with E-state index < -0.39 is 12.0 Å². The molecule has 0 saturated carbocycles. The van der Waals surface area contributed by atoms with Crippen LogP contribution in [0.2, 0.25) is 5.02 Å². The molecule has 0 bridgehead atoms. The maximum atomic E-state index is 11.9. The Hall–Kier alpha value is -2.57. The molecule has 7 heteroatoms. The van der Waals surface area contributed by atoms with Crippen LogP contribution >= 0.6 is 11.6 Å². The Morgan fingerprint density at radius 3 is 2.75 bits per heavy atom. The molecular weight excluding hydrogens is 332 g/mol. The highest BCUT2D eigenvalue weighted by Crippen LogP contribution is 2.34. The number of amides is 1. The Balaban J connectivity index is 2.05. The average molecular weight is 349 g/mol. The fraction of sp³-hybridized carbons (Fsp3) is 0.176. The van der Waals surface area contributed by atoms with Crippen LogP contribution in [0.15, 0.2) is 47.6 Å². The van der Waals surface area contributed by atoms with E-state index in [4.69, 9.17) is 16.3 Å². The van der Waals surface area contributed by atoms with Crippen LogP contribution in [0, 0.1) is 0 Å². The van der Waals surface area contributed by atoms with E-state index in [1.54, 1.807) is 37.3 Å². The van der Waals surface area contributed by atoms with Crippen molar-refractivity contribution in [3.05, 3.63) is 58.6 Å². The van der Waals surface area contributed by atoms with Crippen molar-refractivity contribution in [3.63, 3.8) is 0 Å². The van der Waals surface area contributed by atoms with Gasteiger partial charge in [-0.3, -0.25) is 4.79 Å². The summed E-state index contributed by atoms with van der Waals surface area (Å²) in [6.07, 6.45) is 0.0226. The fourth-order valence-corrected chi connectivity index (χ4v) is 2.17. The van der Waals surface area contributed by atoms with Crippen molar-refractivity contribution in [1.29, 1.82) is 0 Å². The highest BCUT2D eigenvalue weighted by molar-refractivity contribution is 6.32. The first-order valence-corrected chi connectivity index (χ1v) is 7.62. The molecule has 0 saturated heterocycles. The number of phenolic OH excluding ortho intramolecular Hbond substituents is 1. The lowest BCUT2D eigenvalue weighted by molar-refractivity contribution is -0.129. The predicted octanol–water partition coefficient (Wildman–Crippen LogP) is 2.63. The maximum Gasteiger partial charge on any atom is 0.273 e. The number of ether oxygens (including phenoxy) is 1. The smallest absolute Gasteiger partial charge is 0.273 e. The molecule has 126 valence electrons. The Kier molecular flexibility index (Phi) is 6.17. The quantitative estimate of drug-likeness (QED) is 0.553. The lowest BCUT2D eigenvalue weighted by Crippen LogP contribution is -2.25. The number of halogens is 1. The summed E-state index contributed by atoms with van der Waals surface area (Å²) in [5.41, 5.74) is 3.24. The molecule has 0 spiro atoms. The molecular formula is C17H17ClN2O4. The monoisotopic (exact) mass is 348 g/mol. The number of hydrogen-bond acceptors (Lipinski definition) is 5. The van der Waals surface area contributed by atoms with Crippen molar-refractivity contribution < 1.29 is 19.7 Å². The summed E-state index contributed by atoms with van der Waals surface area (Å²) in [6.45, 7) is 2.14. The fourth-order valence-electron chi connectivity index (χ4n) is 1.95. The lowest BCUT2D eigenvalue weighted by atomic mass is 10.1. The van der Waals surface area contributed by atoms with Crippen molar-refractivity contribution >= 4 is 23.7 Å². The van der Waals surface area contributed by atoms with Crippen LogP contribution in [-0.2, 0) is 4.79 Å². The Morgan fingerprint density at radius 1 is 1.38 bits per heavy atom. The van der Waals surface area contributed by atoms with E-state index in [1.165, 1.54) is 18.3 Å². The number of rotatable bonds is 6. The van der Waals surface area contributed by atoms with E-state index in [-0.39, 0.29) is 16.5 Å². The Labute approximate surface area is 144 Å². The molecule has 0 aliphatic carbocycles. The van der Waals surface area contributed by atoms with Crippen LogP contribution in [0.1, 0.15) is 24.2 Å². The minimum absolute atomic E-state index is 0.109. The minimum Gasteiger partial charge on any atom is -0.503 e. The van der Waals surface area contributed by atoms with E-state index >= 15 is 0 Å². The van der Waals surface area contributed by atoms with Crippen LogP contribution in [0.25, 0.3) is 0 Å². The number of aliphatic hydroxyl groups is 1. The summed E-state index contributed by atoms with van der Waals surface area (Å²) >= 11 is 5.91. The molecule has 3 N–H and O–H groups in total. The Bertz CT molecular complexity index is 735. The van der Waals surface area contributed by atoms with E-state index in [0.29, 0.717) is 17.7 Å². The molecule has 2 aromatic carbocycles. The first-order chi connectivity index (χ1) is 11.5. The highest BCUT2D eigenvalue weighted by Gasteiger charge is 2.16. The summed E-state index contributed by atoms with van der Waals surface area (Å²) in [6, 6.07) is 11.5. The summed E-state index contributed by atoms with van der Waals surface area (Å²) in [5, 5.41) is 23.6. The van der Waals surface area contributed by atoms with Crippen molar-refractivity contribution in [2.45, 2.75) is 13.0 Å². The van der Waals surface area contributed by atoms with E-state index in [2.05, 4.69) is 10.5 Å². The number of aromatic hydroxyl groups is 1. The van der Waals surface area contributed by atoms with E-state index in [9.17, 15) is 15.0 Å². The third-order valence-electron chi connectivity index (χ3n) is 3.10. The molecule has 24 heavy (non-hydrogen) atoms. The van der Waals surface area contributed by atoms with Gasteiger partial charge in [-0.05, 0) is 30.2 Å². The number of carbonyl (C=O) groups is 1. The van der Waals surface area contributed by atoms with Gasteiger partial charge in [0.1, 0.15) is 0 Å². The molecule has 0 aliphatic heterocycles. The number of carbonyl (C=O) groups excluding carboxylic acids is 1. The van der Waals surface area contributed by atoms with Gasteiger partial charge in [-0.15, -0.1) is 0 Å². The second-order valence-electron chi connectivity index (χ2n) is 4.83. The first-order valence-electron chi connectivity index (χ1n) is 7.24. The summed E-state index contributed by atoms with van der Waals surface area (Å²) in [4.78, 5) is 11.9. The topological polar surface area (TPSA) is 91.2 Å². The van der Waals surface area contributed by atoms with Crippen LogP contribution in [0.4, 0.5) is 0 Å². The summed E-state index contributed by atoms with van der Waals surface area (Å²) < 4.78 is 5.26. The molecule has 1 amide bonds. The third-order valence-corrected chi connectivity index (χ3v) is 3.39. The zero-order chi connectivity index (χ0) is 17.5. The number of phenols is 1. The van der Waals surface area contributed by atoms with Gasteiger partial charge in [0, 0.05) is 0 Å². The van der Waals surface area contributed by atoms with Crippen LogP contribution < -0.4 is 10.2 Å². The lowest BCUT2D eigenvalue weighted by Gasteiger charge is -2.09. The van der Waals surface area contributed by atoms with E-state index in [0.717, 1.165) is 0 Å². The van der Waals surface area contributed by atoms with Crippen molar-refractivity contribution in [1.82, 2.24) is 5.43 Å². The normalized spacial score (nSPS) is 12.1. The first kappa shape index (κ1) is 17.8. The maximum absolute atomic E-state index is 11.9. The summed E-state index contributed by atoms with van der Waals surface area (Å²) in [5.74, 6) is -0.589. The number of nitrogens with zero attached hydrogens (tertiary/aromatic N) is 1. The van der Waals surface area contributed by atoms with Gasteiger partial charge in [-0.1, -0.05) is 41.9 Å². The van der Waals surface area contributed by atoms with Gasteiger partial charge in [-0.2, -0.15) is 5.10 Å². The molecule has 0 unspecified atom stereocenters. The van der Waals surface area contributed by atoms with Crippen molar-refractivity contribution in [3.8, 4) is 11.5 Å². The zero-order valence-corrected chi connectivity index (χ0v) is 13.7. The molecule has 0 heterocycles. The van der Waals surface area contributed by atoms with Gasteiger partial charge in [0.05, 0.1) is 17.8 Å². The largest absolute Gasteiger partial charge is 0.503 e. The Morgan fingerprint density at radius 2 is 2.08 bits per heavy atom. The zero-order valence-electron chi connectivity index (χ0n) is 12.9.